The monoisotopic (exact) mass is 178 g/mol. The van der Waals surface area contributed by atoms with Crippen LogP contribution in [0.1, 0.15) is 36.5 Å². The molecule has 0 aromatic heterocycles. The minimum absolute atomic E-state index is 0.586. The van der Waals surface area contributed by atoms with E-state index in [1.165, 1.54) is 16.7 Å². The van der Waals surface area contributed by atoms with Gasteiger partial charge in [0.25, 0.3) is 0 Å². The molecule has 0 saturated carbocycles. The lowest BCUT2D eigenvalue weighted by atomic mass is 9.98. The highest BCUT2D eigenvalue weighted by Gasteiger charge is 2.06. The molecule has 1 heteroatoms. The molecule has 1 aromatic rings. The van der Waals surface area contributed by atoms with E-state index in [1.807, 2.05) is 0 Å². The van der Waals surface area contributed by atoms with Gasteiger partial charge in [-0.15, -0.1) is 0 Å². The summed E-state index contributed by atoms with van der Waals surface area (Å²) in [5.74, 6) is 1.60. The number of benzene rings is 1. The quantitative estimate of drug-likeness (QED) is 0.674. The standard InChI is InChI=1S/C12H18O/c1-8(2)11-6-9(3)12(13-5)10(4)7-11/h6-8H,1-5H3. The van der Waals surface area contributed by atoms with Crippen LogP contribution in [0.3, 0.4) is 0 Å². The highest BCUT2D eigenvalue weighted by Crippen LogP contribution is 2.27. The Hall–Kier alpha value is -0.980. The lowest BCUT2D eigenvalue weighted by Crippen LogP contribution is -1.95. The van der Waals surface area contributed by atoms with Crippen LogP contribution in [-0.4, -0.2) is 7.11 Å². The van der Waals surface area contributed by atoms with Gasteiger partial charge in [-0.3, -0.25) is 0 Å². The second-order valence-corrected chi connectivity index (χ2v) is 3.84. The predicted octanol–water partition coefficient (Wildman–Crippen LogP) is 3.44. The van der Waals surface area contributed by atoms with Crippen LogP contribution in [0, 0.1) is 13.8 Å². The van der Waals surface area contributed by atoms with Crippen molar-refractivity contribution in [2.24, 2.45) is 0 Å². The molecule has 0 spiro atoms. The summed E-state index contributed by atoms with van der Waals surface area (Å²) in [6.07, 6.45) is 0. The first-order chi connectivity index (χ1) is 6.06. The second kappa shape index (κ2) is 3.82. The van der Waals surface area contributed by atoms with Gasteiger partial charge in [0.1, 0.15) is 5.75 Å². The van der Waals surface area contributed by atoms with E-state index in [-0.39, 0.29) is 0 Å². The Balaban J connectivity index is 3.20. The van der Waals surface area contributed by atoms with E-state index in [2.05, 4.69) is 39.8 Å². The van der Waals surface area contributed by atoms with Crippen molar-refractivity contribution in [2.75, 3.05) is 7.11 Å². The molecule has 0 saturated heterocycles. The van der Waals surface area contributed by atoms with Crippen LogP contribution < -0.4 is 4.74 Å². The van der Waals surface area contributed by atoms with Crippen molar-refractivity contribution in [3.63, 3.8) is 0 Å². The van der Waals surface area contributed by atoms with E-state index < -0.39 is 0 Å². The summed E-state index contributed by atoms with van der Waals surface area (Å²) in [6.45, 7) is 8.61. The Bertz CT molecular complexity index is 277. The van der Waals surface area contributed by atoms with Gasteiger partial charge in [0.15, 0.2) is 0 Å². The van der Waals surface area contributed by atoms with Gasteiger partial charge in [-0.05, 0) is 36.5 Å². The van der Waals surface area contributed by atoms with Crippen LogP contribution in [0.15, 0.2) is 12.1 Å². The maximum atomic E-state index is 5.31. The van der Waals surface area contributed by atoms with E-state index in [0.29, 0.717) is 5.92 Å². The summed E-state index contributed by atoms with van der Waals surface area (Å²) < 4.78 is 5.31. The van der Waals surface area contributed by atoms with Crippen molar-refractivity contribution in [3.05, 3.63) is 28.8 Å². The van der Waals surface area contributed by atoms with Gasteiger partial charge in [0.05, 0.1) is 7.11 Å². The summed E-state index contributed by atoms with van der Waals surface area (Å²) in [5, 5.41) is 0. The molecule has 0 atom stereocenters. The third-order valence-corrected chi connectivity index (χ3v) is 2.35. The Kier molecular flexibility index (Phi) is 2.97. The zero-order chi connectivity index (χ0) is 10.0. The lowest BCUT2D eigenvalue weighted by Gasteiger charge is -2.13. The highest BCUT2D eigenvalue weighted by atomic mass is 16.5. The minimum atomic E-state index is 0.586. The molecule has 0 heterocycles. The van der Waals surface area contributed by atoms with Gasteiger partial charge in [0, 0.05) is 0 Å². The summed E-state index contributed by atoms with van der Waals surface area (Å²) in [6, 6.07) is 4.41. The predicted molar refractivity (Wildman–Crippen MR) is 56.6 cm³/mol. The summed E-state index contributed by atoms with van der Waals surface area (Å²) >= 11 is 0. The molecule has 1 aromatic carbocycles. The average molecular weight is 178 g/mol. The Morgan fingerprint density at radius 2 is 1.54 bits per heavy atom. The molecule has 0 amide bonds. The highest BCUT2D eigenvalue weighted by molar-refractivity contribution is 5.44. The molecule has 0 aliphatic heterocycles. The van der Waals surface area contributed by atoms with Gasteiger partial charge in [0.2, 0.25) is 0 Å². The minimum Gasteiger partial charge on any atom is -0.496 e. The number of aryl methyl sites for hydroxylation is 2. The summed E-state index contributed by atoms with van der Waals surface area (Å²) in [4.78, 5) is 0. The number of hydrogen-bond acceptors (Lipinski definition) is 1. The van der Waals surface area contributed by atoms with Gasteiger partial charge in [-0.1, -0.05) is 26.0 Å². The molecule has 72 valence electrons. The molecule has 0 fully saturated rings. The van der Waals surface area contributed by atoms with Crippen molar-refractivity contribution in [1.82, 2.24) is 0 Å². The molecule has 0 radical (unpaired) electrons. The molecule has 1 rings (SSSR count). The van der Waals surface area contributed by atoms with Crippen LogP contribution in [-0.2, 0) is 0 Å². The van der Waals surface area contributed by atoms with Crippen LogP contribution in [0.4, 0.5) is 0 Å². The van der Waals surface area contributed by atoms with E-state index in [0.717, 1.165) is 5.75 Å². The average Bonchev–Trinajstić information content (AvgIpc) is 2.03. The molecule has 0 aliphatic carbocycles. The topological polar surface area (TPSA) is 9.23 Å². The molecule has 13 heavy (non-hydrogen) atoms. The first kappa shape index (κ1) is 10.1. The number of ether oxygens (including phenoxy) is 1. The van der Waals surface area contributed by atoms with E-state index in [1.54, 1.807) is 7.11 Å². The normalized spacial score (nSPS) is 10.6. The van der Waals surface area contributed by atoms with Gasteiger partial charge >= 0.3 is 0 Å². The van der Waals surface area contributed by atoms with E-state index in [9.17, 15) is 0 Å². The Labute approximate surface area is 80.7 Å². The zero-order valence-corrected chi connectivity index (χ0v) is 9.14. The van der Waals surface area contributed by atoms with Crippen molar-refractivity contribution in [3.8, 4) is 5.75 Å². The maximum Gasteiger partial charge on any atom is 0.124 e. The zero-order valence-electron chi connectivity index (χ0n) is 9.14. The van der Waals surface area contributed by atoms with Crippen LogP contribution in [0.2, 0.25) is 0 Å². The number of hydrogen-bond donors (Lipinski definition) is 0. The van der Waals surface area contributed by atoms with Crippen molar-refractivity contribution >= 4 is 0 Å². The fourth-order valence-electron chi connectivity index (χ4n) is 1.64. The van der Waals surface area contributed by atoms with E-state index in [4.69, 9.17) is 4.74 Å². The molecule has 0 N–H and O–H groups in total. The number of rotatable bonds is 2. The first-order valence-electron chi connectivity index (χ1n) is 4.71. The second-order valence-electron chi connectivity index (χ2n) is 3.84. The van der Waals surface area contributed by atoms with Gasteiger partial charge in [-0.2, -0.15) is 0 Å². The molecule has 0 unspecified atom stereocenters. The molecular weight excluding hydrogens is 160 g/mol. The Morgan fingerprint density at radius 3 is 1.85 bits per heavy atom. The lowest BCUT2D eigenvalue weighted by molar-refractivity contribution is 0.408. The Morgan fingerprint density at radius 1 is 1.08 bits per heavy atom. The van der Waals surface area contributed by atoms with Crippen molar-refractivity contribution < 1.29 is 4.74 Å². The molecular formula is C12H18O. The van der Waals surface area contributed by atoms with E-state index >= 15 is 0 Å². The van der Waals surface area contributed by atoms with Crippen LogP contribution in [0.5, 0.6) is 5.75 Å². The summed E-state index contributed by atoms with van der Waals surface area (Å²) in [7, 11) is 1.73. The smallest absolute Gasteiger partial charge is 0.124 e. The molecule has 0 aliphatic rings. The van der Waals surface area contributed by atoms with Gasteiger partial charge in [-0.25, -0.2) is 0 Å². The molecule has 0 bridgehead atoms. The molecule has 1 nitrogen and oxygen atoms in total. The first-order valence-corrected chi connectivity index (χ1v) is 4.71. The largest absolute Gasteiger partial charge is 0.496 e. The van der Waals surface area contributed by atoms with Crippen molar-refractivity contribution in [2.45, 2.75) is 33.6 Å². The fourth-order valence-corrected chi connectivity index (χ4v) is 1.64. The van der Waals surface area contributed by atoms with Crippen LogP contribution >= 0.6 is 0 Å². The summed E-state index contributed by atoms with van der Waals surface area (Å²) in [5.41, 5.74) is 3.84. The van der Waals surface area contributed by atoms with Crippen LogP contribution in [0.25, 0.3) is 0 Å². The maximum absolute atomic E-state index is 5.31. The fraction of sp³-hybridized carbons (Fsp3) is 0.500. The van der Waals surface area contributed by atoms with Crippen molar-refractivity contribution in [1.29, 1.82) is 0 Å². The third kappa shape index (κ3) is 2.03. The SMILES string of the molecule is COc1c(C)cc(C(C)C)cc1C. The van der Waals surface area contributed by atoms with Gasteiger partial charge < -0.3 is 4.74 Å². The number of methoxy groups -OCH3 is 1. The third-order valence-electron chi connectivity index (χ3n) is 2.35.